The van der Waals surface area contributed by atoms with Crippen molar-refractivity contribution in [3.05, 3.63) is 52.5 Å². The van der Waals surface area contributed by atoms with Crippen LogP contribution in [-0.4, -0.2) is 27.3 Å². The van der Waals surface area contributed by atoms with Crippen molar-refractivity contribution in [2.45, 2.75) is 18.9 Å². The minimum atomic E-state index is 0.0600. The highest BCUT2D eigenvalue weighted by molar-refractivity contribution is 7.08. The Balaban J connectivity index is 1.68. The molecule has 1 N–H and O–H groups in total. The minimum Gasteiger partial charge on any atom is -0.340 e. The number of rotatable bonds is 2. The van der Waals surface area contributed by atoms with Crippen LogP contribution < -0.4 is 0 Å². The van der Waals surface area contributed by atoms with Crippen molar-refractivity contribution in [1.82, 2.24) is 14.9 Å². The largest absolute Gasteiger partial charge is 0.340 e. The maximum absolute atomic E-state index is 12.6. The van der Waals surface area contributed by atoms with Gasteiger partial charge in [0, 0.05) is 11.9 Å². The Bertz CT molecular complexity index is 745. The molecule has 0 aliphatic carbocycles. The number of aromatic amines is 1. The molecule has 1 aliphatic rings. The summed E-state index contributed by atoms with van der Waals surface area (Å²) in [6.45, 7) is 0.802. The molecule has 1 amide bonds. The maximum atomic E-state index is 12.6. The van der Waals surface area contributed by atoms with Gasteiger partial charge in [-0.05, 0) is 36.4 Å². The summed E-state index contributed by atoms with van der Waals surface area (Å²) < 4.78 is 0. The van der Waals surface area contributed by atoms with E-state index in [1.807, 2.05) is 46.0 Å². The van der Waals surface area contributed by atoms with Crippen LogP contribution in [0.4, 0.5) is 0 Å². The van der Waals surface area contributed by atoms with Crippen molar-refractivity contribution < 1.29 is 4.79 Å². The molecular weight excluding hydrogens is 282 g/mol. The van der Waals surface area contributed by atoms with E-state index in [0.29, 0.717) is 0 Å². The van der Waals surface area contributed by atoms with E-state index in [0.717, 1.165) is 41.8 Å². The molecule has 1 atom stereocenters. The zero-order chi connectivity index (χ0) is 14.2. The van der Waals surface area contributed by atoms with Crippen LogP contribution >= 0.6 is 11.3 Å². The van der Waals surface area contributed by atoms with Gasteiger partial charge >= 0.3 is 0 Å². The number of benzene rings is 1. The van der Waals surface area contributed by atoms with Crippen LogP contribution in [0.25, 0.3) is 11.0 Å². The lowest BCUT2D eigenvalue weighted by Crippen LogP contribution is -2.30. The molecule has 21 heavy (non-hydrogen) atoms. The standard InChI is InChI=1S/C16H15N3OS/c20-16(11-7-9-21-10-11)19-8-3-6-14(19)15-17-12-4-1-2-5-13(12)18-15/h1-2,4-5,7,9-10,14H,3,6,8H2,(H,17,18)/t14-/m1/s1. The van der Waals surface area contributed by atoms with Crippen LogP contribution in [0.5, 0.6) is 0 Å². The highest BCUT2D eigenvalue weighted by Crippen LogP contribution is 2.32. The second-order valence-electron chi connectivity index (χ2n) is 5.31. The van der Waals surface area contributed by atoms with Crippen molar-refractivity contribution in [2.75, 3.05) is 6.54 Å². The number of carbonyl (C=O) groups is 1. The van der Waals surface area contributed by atoms with Gasteiger partial charge in [0.15, 0.2) is 0 Å². The number of fused-ring (bicyclic) bond motifs is 1. The lowest BCUT2D eigenvalue weighted by atomic mass is 10.2. The third kappa shape index (κ3) is 2.14. The fourth-order valence-corrected chi connectivity index (χ4v) is 3.61. The van der Waals surface area contributed by atoms with Crippen LogP contribution in [-0.2, 0) is 0 Å². The first-order valence-electron chi connectivity index (χ1n) is 7.11. The number of imidazole rings is 1. The van der Waals surface area contributed by atoms with Crippen molar-refractivity contribution >= 4 is 28.3 Å². The lowest BCUT2D eigenvalue weighted by molar-refractivity contribution is 0.0731. The van der Waals surface area contributed by atoms with Gasteiger partial charge in [-0.15, -0.1) is 0 Å². The van der Waals surface area contributed by atoms with Crippen molar-refractivity contribution in [2.24, 2.45) is 0 Å². The van der Waals surface area contributed by atoms with Crippen LogP contribution in [0, 0.1) is 0 Å². The summed E-state index contributed by atoms with van der Waals surface area (Å²) in [4.78, 5) is 22.6. The number of aromatic nitrogens is 2. The molecule has 5 heteroatoms. The molecule has 106 valence electrons. The normalized spacial score (nSPS) is 18.5. The fourth-order valence-electron chi connectivity index (χ4n) is 2.98. The summed E-state index contributed by atoms with van der Waals surface area (Å²) in [5, 5.41) is 3.86. The fraction of sp³-hybridized carbons (Fsp3) is 0.250. The number of nitrogens with zero attached hydrogens (tertiary/aromatic N) is 2. The number of hydrogen-bond donors (Lipinski definition) is 1. The molecule has 3 heterocycles. The Hall–Kier alpha value is -2.14. The van der Waals surface area contributed by atoms with E-state index >= 15 is 0 Å². The Kier molecular flexibility index (Phi) is 3.00. The molecule has 1 fully saturated rings. The van der Waals surface area contributed by atoms with E-state index in [2.05, 4.69) is 9.97 Å². The predicted octanol–water partition coefficient (Wildman–Crippen LogP) is 3.60. The van der Waals surface area contributed by atoms with Crippen molar-refractivity contribution in [3.63, 3.8) is 0 Å². The zero-order valence-electron chi connectivity index (χ0n) is 11.5. The van der Waals surface area contributed by atoms with Gasteiger partial charge in [-0.3, -0.25) is 4.79 Å². The van der Waals surface area contributed by atoms with Crippen molar-refractivity contribution in [1.29, 1.82) is 0 Å². The number of thiophene rings is 1. The lowest BCUT2D eigenvalue weighted by Gasteiger charge is -2.22. The second kappa shape index (κ2) is 5.00. The number of likely N-dealkylation sites (tertiary alicyclic amines) is 1. The smallest absolute Gasteiger partial charge is 0.255 e. The van der Waals surface area contributed by atoms with Crippen LogP contribution in [0.3, 0.4) is 0 Å². The summed E-state index contributed by atoms with van der Waals surface area (Å²) in [7, 11) is 0. The van der Waals surface area contributed by atoms with E-state index in [-0.39, 0.29) is 11.9 Å². The molecule has 0 bridgehead atoms. The number of carbonyl (C=O) groups excluding carboxylic acids is 1. The van der Waals surface area contributed by atoms with Gasteiger partial charge in [0.05, 0.1) is 22.6 Å². The van der Waals surface area contributed by atoms with Gasteiger partial charge in [-0.25, -0.2) is 4.98 Å². The molecule has 1 saturated heterocycles. The first-order valence-corrected chi connectivity index (χ1v) is 8.05. The highest BCUT2D eigenvalue weighted by Gasteiger charge is 2.32. The van der Waals surface area contributed by atoms with Crippen LogP contribution in [0.2, 0.25) is 0 Å². The van der Waals surface area contributed by atoms with E-state index in [1.54, 1.807) is 11.3 Å². The Morgan fingerprint density at radius 2 is 2.24 bits per heavy atom. The van der Waals surface area contributed by atoms with Gasteiger partial charge < -0.3 is 9.88 Å². The van der Waals surface area contributed by atoms with Crippen molar-refractivity contribution in [3.8, 4) is 0 Å². The molecule has 1 aromatic carbocycles. The topological polar surface area (TPSA) is 49.0 Å². The molecule has 0 spiro atoms. The van der Waals surface area contributed by atoms with Crippen LogP contribution in [0.1, 0.15) is 35.1 Å². The summed E-state index contributed by atoms with van der Waals surface area (Å²) in [6, 6.07) is 9.94. The van der Waals surface area contributed by atoms with Crippen LogP contribution in [0.15, 0.2) is 41.1 Å². The zero-order valence-corrected chi connectivity index (χ0v) is 12.3. The Morgan fingerprint density at radius 3 is 3.05 bits per heavy atom. The maximum Gasteiger partial charge on any atom is 0.255 e. The average Bonchev–Trinajstić information content (AvgIpc) is 3.24. The third-order valence-electron chi connectivity index (χ3n) is 4.01. The van der Waals surface area contributed by atoms with Gasteiger partial charge in [0.2, 0.25) is 0 Å². The average molecular weight is 297 g/mol. The minimum absolute atomic E-state index is 0.0600. The molecule has 4 nitrogen and oxygen atoms in total. The third-order valence-corrected chi connectivity index (χ3v) is 4.69. The van der Waals surface area contributed by atoms with E-state index in [1.165, 1.54) is 0 Å². The van der Waals surface area contributed by atoms with Gasteiger partial charge in [-0.1, -0.05) is 12.1 Å². The molecule has 3 aromatic rings. The van der Waals surface area contributed by atoms with E-state index < -0.39 is 0 Å². The SMILES string of the molecule is O=C(c1ccsc1)N1CCC[C@@H]1c1nc2ccccc2[nH]1. The molecule has 2 aromatic heterocycles. The molecule has 1 aliphatic heterocycles. The first-order chi connectivity index (χ1) is 10.3. The summed E-state index contributed by atoms with van der Waals surface area (Å²) in [5.41, 5.74) is 2.77. The first kappa shape index (κ1) is 12.6. The quantitative estimate of drug-likeness (QED) is 0.785. The summed E-state index contributed by atoms with van der Waals surface area (Å²) in [6.07, 6.45) is 1.99. The Labute approximate surface area is 126 Å². The number of amides is 1. The monoisotopic (exact) mass is 297 g/mol. The van der Waals surface area contributed by atoms with E-state index in [4.69, 9.17) is 0 Å². The molecule has 0 saturated carbocycles. The molecular formula is C16H15N3OS. The van der Waals surface area contributed by atoms with Gasteiger partial charge in [-0.2, -0.15) is 11.3 Å². The molecule has 0 radical (unpaired) electrons. The second-order valence-corrected chi connectivity index (χ2v) is 6.09. The molecule has 0 unspecified atom stereocenters. The molecule has 4 rings (SSSR count). The van der Waals surface area contributed by atoms with Gasteiger partial charge in [0.1, 0.15) is 5.82 Å². The predicted molar refractivity (Wildman–Crippen MR) is 83.4 cm³/mol. The number of hydrogen-bond acceptors (Lipinski definition) is 3. The van der Waals surface area contributed by atoms with Gasteiger partial charge in [0.25, 0.3) is 5.91 Å². The number of nitrogens with one attached hydrogen (secondary N) is 1. The van der Waals surface area contributed by atoms with E-state index in [9.17, 15) is 4.79 Å². The highest BCUT2D eigenvalue weighted by atomic mass is 32.1. The summed E-state index contributed by atoms with van der Waals surface area (Å²) in [5.74, 6) is 1.01. The summed E-state index contributed by atoms with van der Waals surface area (Å²) >= 11 is 1.56. The number of para-hydroxylation sites is 2. The Morgan fingerprint density at radius 1 is 1.33 bits per heavy atom. The number of H-pyrrole nitrogens is 1.